The van der Waals surface area contributed by atoms with E-state index in [9.17, 15) is 9.59 Å². The zero-order valence-electron chi connectivity index (χ0n) is 12.2. The van der Waals surface area contributed by atoms with Gasteiger partial charge >= 0.3 is 11.9 Å². The van der Waals surface area contributed by atoms with Gasteiger partial charge in [0.1, 0.15) is 0 Å². The highest BCUT2D eigenvalue weighted by atomic mass is 35.5. The molecular formula is C16H17ClO4. The van der Waals surface area contributed by atoms with Crippen molar-refractivity contribution in [2.45, 2.75) is 39.4 Å². The third kappa shape index (κ3) is 2.42. The van der Waals surface area contributed by atoms with E-state index in [0.29, 0.717) is 17.9 Å². The van der Waals surface area contributed by atoms with Gasteiger partial charge < -0.3 is 9.47 Å². The summed E-state index contributed by atoms with van der Waals surface area (Å²) in [5.74, 6) is -3.08. The van der Waals surface area contributed by atoms with Crippen LogP contribution in [0.3, 0.4) is 0 Å². The first-order chi connectivity index (χ1) is 9.70. The second-order valence-electron chi connectivity index (χ2n) is 6.60. The van der Waals surface area contributed by atoms with Crippen molar-refractivity contribution in [2.75, 3.05) is 0 Å². The number of benzene rings is 1. The van der Waals surface area contributed by atoms with Crippen molar-refractivity contribution in [3.05, 3.63) is 34.3 Å². The van der Waals surface area contributed by atoms with Crippen molar-refractivity contribution in [1.82, 2.24) is 0 Å². The quantitative estimate of drug-likeness (QED) is 0.591. The number of halogens is 1. The van der Waals surface area contributed by atoms with Crippen LogP contribution in [0.15, 0.2) is 18.2 Å². The number of carbonyl (C=O) groups is 2. The molecule has 0 saturated carbocycles. The van der Waals surface area contributed by atoms with Gasteiger partial charge in [0.2, 0.25) is 0 Å². The molecule has 1 aliphatic heterocycles. The molecule has 1 aromatic carbocycles. The molecule has 0 bridgehead atoms. The Morgan fingerprint density at radius 3 is 2.24 bits per heavy atom. The van der Waals surface area contributed by atoms with E-state index in [1.54, 1.807) is 13.8 Å². The van der Waals surface area contributed by atoms with E-state index < -0.39 is 29.1 Å². The fourth-order valence-corrected chi connectivity index (χ4v) is 3.55. The summed E-state index contributed by atoms with van der Waals surface area (Å²) < 4.78 is 10.5. The van der Waals surface area contributed by atoms with Crippen molar-refractivity contribution >= 4 is 23.5 Å². The van der Waals surface area contributed by atoms with Crippen LogP contribution >= 0.6 is 11.6 Å². The molecule has 0 N–H and O–H groups in total. The summed E-state index contributed by atoms with van der Waals surface area (Å²) in [4.78, 5) is 24.6. The fraction of sp³-hybridized carbons (Fsp3) is 0.500. The van der Waals surface area contributed by atoms with Crippen molar-refractivity contribution in [3.8, 4) is 0 Å². The minimum atomic E-state index is -1.18. The lowest BCUT2D eigenvalue weighted by Gasteiger charge is -2.39. The Labute approximate surface area is 128 Å². The van der Waals surface area contributed by atoms with Crippen molar-refractivity contribution < 1.29 is 19.1 Å². The number of rotatable bonds is 1. The minimum absolute atomic E-state index is 0.502. The SMILES string of the molecule is CC1(C)OC(=O)C([C@@]2(C)Cc3ccc(Cl)cc3C2)C(=O)O1. The van der Waals surface area contributed by atoms with Crippen LogP contribution < -0.4 is 0 Å². The molecule has 0 spiro atoms. The molecule has 112 valence electrons. The largest absolute Gasteiger partial charge is 0.422 e. The van der Waals surface area contributed by atoms with Gasteiger partial charge in [-0.2, -0.15) is 0 Å². The maximum absolute atomic E-state index is 12.3. The van der Waals surface area contributed by atoms with Crippen LogP contribution in [0.4, 0.5) is 0 Å². The summed E-state index contributed by atoms with van der Waals surface area (Å²) in [6, 6.07) is 5.67. The number of cyclic esters (lactones) is 2. The number of hydrogen-bond acceptors (Lipinski definition) is 4. The van der Waals surface area contributed by atoms with Gasteiger partial charge in [-0.1, -0.05) is 24.6 Å². The van der Waals surface area contributed by atoms with Crippen LogP contribution in [0.25, 0.3) is 0 Å². The summed E-state index contributed by atoms with van der Waals surface area (Å²) in [6.45, 7) is 5.04. The van der Waals surface area contributed by atoms with Gasteiger partial charge in [0, 0.05) is 18.9 Å². The molecule has 5 heteroatoms. The van der Waals surface area contributed by atoms with Crippen LogP contribution in [0, 0.1) is 11.3 Å². The first kappa shape index (κ1) is 14.4. The van der Waals surface area contributed by atoms with Crippen LogP contribution in [-0.4, -0.2) is 17.7 Å². The van der Waals surface area contributed by atoms with Gasteiger partial charge in [0.05, 0.1) is 0 Å². The average molecular weight is 309 g/mol. The van der Waals surface area contributed by atoms with E-state index in [-0.39, 0.29) is 0 Å². The van der Waals surface area contributed by atoms with Gasteiger partial charge in [0.15, 0.2) is 5.92 Å². The van der Waals surface area contributed by atoms with E-state index in [4.69, 9.17) is 21.1 Å². The number of carbonyl (C=O) groups excluding carboxylic acids is 2. The monoisotopic (exact) mass is 308 g/mol. The zero-order chi connectivity index (χ0) is 15.4. The second-order valence-corrected chi connectivity index (χ2v) is 7.03. The van der Waals surface area contributed by atoms with Crippen LogP contribution in [-0.2, 0) is 31.9 Å². The maximum Gasteiger partial charge on any atom is 0.324 e. The zero-order valence-corrected chi connectivity index (χ0v) is 13.0. The summed E-state index contributed by atoms with van der Waals surface area (Å²) in [6.07, 6.45) is 1.24. The smallest absolute Gasteiger partial charge is 0.324 e. The van der Waals surface area contributed by atoms with Crippen molar-refractivity contribution in [2.24, 2.45) is 11.3 Å². The molecule has 2 aliphatic rings. The number of ether oxygens (including phenoxy) is 2. The Morgan fingerprint density at radius 1 is 1.05 bits per heavy atom. The van der Waals surface area contributed by atoms with Gasteiger partial charge in [-0.05, 0) is 41.5 Å². The summed E-state index contributed by atoms with van der Waals surface area (Å²) in [7, 11) is 0. The molecule has 1 saturated heterocycles. The molecule has 21 heavy (non-hydrogen) atoms. The third-order valence-electron chi connectivity index (χ3n) is 4.22. The van der Waals surface area contributed by atoms with Crippen LogP contribution in [0.1, 0.15) is 31.9 Å². The standard InChI is InChI=1S/C16H17ClO4/c1-15(2)20-13(18)12(14(19)21-15)16(3)7-9-4-5-11(17)6-10(9)8-16/h4-6,12H,7-8H2,1-3H3/t16-/m0/s1. The summed E-state index contributed by atoms with van der Waals surface area (Å²) in [5, 5.41) is 0.660. The third-order valence-corrected chi connectivity index (χ3v) is 4.45. The molecule has 1 atom stereocenters. The first-order valence-electron chi connectivity index (χ1n) is 6.93. The molecule has 0 aromatic heterocycles. The van der Waals surface area contributed by atoms with Crippen LogP contribution in [0.5, 0.6) is 0 Å². The summed E-state index contributed by atoms with van der Waals surface area (Å²) in [5.41, 5.74) is 1.67. The molecule has 3 rings (SSSR count). The second kappa shape index (κ2) is 4.47. The highest BCUT2D eigenvalue weighted by molar-refractivity contribution is 6.30. The van der Waals surface area contributed by atoms with E-state index in [0.717, 1.165) is 11.1 Å². The number of fused-ring (bicyclic) bond motifs is 1. The Morgan fingerprint density at radius 2 is 1.62 bits per heavy atom. The molecule has 1 aliphatic carbocycles. The van der Waals surface area contributed by atoms with Gasteiger partial charge in [-0.15, -0.1) is 0 Å². The minimum Gasteiger partial charge on any atom is -0.422 e. The van der Waals surface area contributed by atoms with E-state index >= 15 is 0 Å². The molecule has 1 aromatic rings. The molecule has 0 amide bonds. The first-order valence-corrected chi connectivity index (χ1v) is 7.31. The molecule has 1 heterocycles. The van der Waals surface area contributed by atoms with Gasteiger partial charge in [-0.25, -0.2) is 0 Å². The van der Waals surface area contributed by atoms with Crippen molar-refractivity contribution in [3.63, 3.8) is 0 Å². The molecule has 1 fully saturated rings. The predicted molar refractivity (Wildman–Crippen MR) is 76.7 cm³/mol. The highest BCUT2D eigenvalue weighted by Crippen LogP contribution is 2.46. The van der Waals surface area contributed by atoms with Gasteiger partial charge in [-0.3, -0.25) is 9.59 Å². The summed E-state index contributed by atoms with van der Waals surface area (Å²) >= 11 is 6.01. The van der Waals surface area contributed by atoms with E-state index in [2.05, 4.69) is 0 Å². The van der Waals surface area contributed by atoms with Crippen molar-refractivity contribution in [1.29, 1.82) is 0 Å². The van der Waals surface area contributed by atoms with Gasteiger partial charge in [0.25, 0.3) is 5.79 Å². The topological polar surface area (TPSA) is 52.6 Å². The maximum atomic E-state index is 12.3. The highest BCUT2D eigenvalue weighted by Gasteiger charge is 2.54. The lowest BCUT2D eigenvalue weighted by molar-refractivity contribution is -0.245. The Bertz CT molecular complexity index is 617. The average Bonchev–Trinajstić information content (AvgIpc) is 2.61. The molecule has 0 unspecified atom stereocenters. The van der Waals surface area contributed by atoms with E-state index in [1.807, 2.05) is 25.1 Å². The molecule has 4 nitrogen and oxygen atoms in total. The lowest BCUT2D eigenvalue weighted by Crippen LogP contribution is -2.52. The van der Waals surface area contributed by atoms with Crippen LogP contribution in [0.2, 0.25) is 5.02 Å². The number of esters is 2. The van der Waals surface area contributed by atoms with E-state index in [1.165, 1.54) is 0 Å². The molecular weight excluding hydrogens is 292 g/mol. The Kier molecular flexibility index (Phi) is 3.06. The normalized spacial score (nSPS) is 28.0. The Hall–Kier alpha value is -1.55. The molecule has 0 radical (unpaired) electrons. The predicted octanol–water partition coefficient (Wildman–Crippen LogP) is 2.90. The Balaban J connectivity index is 1.91. The fourth-order valence-electron chi connectivity index (χ4n) is 3.36. The number of hydrogen-bond donors (Lipinski definition) is 0. The lowest BCUT2D eigenvalue weighted by atomic mass is 9.74.